The molecule has 1 fully saturated rings. The largest absolute Gasteiger partial charge is 0.416 e. The van der Waals surface area contributed by atoms with Gasteiger partial charge in [-0.25, -0.2) is 0 Å². The van der Waals surface area contributed by atoms with Crippen molar-refractivity contribution in [1.82, 2.24) is 0 Å². The number of rotatable bonds is 2. The highest BCUT2D eigenvalue weighted by Crippen LogP contribution is 2.34. The third kappa shape index (κ3) is 2.82. The van der Waals surface area contributed by atoms with Gasteiger partial charge in [0.25, 0.3) is 0 Å². The van der Waals surface area contributed by atoms with Gasteiger partial charge in [0, 0.05) is 28.0 Å². The maximum absolute atomic E-state index is 12.8. The first-order valence-corrected chi connectivity index (χ1v) is 5.81. The molecule has 19 heavy (non-hydrogen) atoms. The van der Waals surface area contributed by atoms with E-state index in [1.807, 2.05) is 0 Å². The molecule has 0 bridgehead atoms. The second kappa shape index (κ2) is 5.21. The van der Waals surface area contributed by atoms with Gasteiger partial charge in [0.15, 0.2) is 0 Å². The molecule has 2 unspecified atom stereocenters. The Morgan fingerprint density at radius 3 is 2.79 bits per heavy atom. The van der Waals surface area contributed by atoms with Gasteiger partial charge in [-0.05, 0) is 18.2 Å². The third-order valence-electron chi connectivity index (χ3n) is 2.46. The van der Waals surface area contributed by atoms with Crippen LogP contribution in [-0.2, 0) is 11.0 Å². The second-order valence-corrected chi connectivity index (χ2v) is 4.33. The molecule has 0 radical (unpaired) electrons. The predicted molar refractivity (Wildman–Crippen MR) is 67.6 cm³/mol. The van der Waals surface area contributed by atoms with Crippen LogP contribution in [-0.4, -0.2) is 23.6 Å². The minimum Gasteiger partial charge on any atom is -0.311 e. The zero-order valence-corrected chi connectivity index (χ0v) is 10.6. The highest BCUT2D eigenvalue weighted by Gasteiger charge is 2.40. The Morgan fingerprint density at radius 2 is 2.26 bits per heavy atom. The molecule has 1 aliphatic heterocycles. The van der Waals surface area contributed by atoms with Crippen LogP contribution in [0.3, 0.4) is 0 Å². The van der Waals surface area contributed by atoms with Crippen LogP contribution >= 0.6 is 23.2 Å². The van der Waals surface area contributed by atoms with Gasteiger partial charge in [0.05, 0.1) is 8.30 Å². The lowest BCUT2D eigenvalue weighted by atomic mass is 10.1. The number of hydrogen-bond donors (Lipinski definition) is 0. The molecule has 0 spiro atoms. The first kappa shape index (κ1) is 9.08. The summed E-state index contributed by atoms with van der Waals surface area (Å²) in [6.45, 7) is -3.09. The smallest absolute Gasteiger partial charge is 0.311 e. The fourth-order valence-electron chi connectivity index (χ4n) is 1.55. The molecule has 7 heteroatoms. The summed E-state index contributed by atoms with van der Waals surface area (Å²) in [6, 6.07) is 3.25. The maximum atomic E-state index is 12.8. The Hall–Kier alpha value is -0.940. The van der Waals surface area contributed by atoms with Crippen LogP contribution in [0.5, 0.6) is 0 Å². The number of amides is 1. The summed E-state index contributed by atoms with van der Waals surface area (Å²) in [7, 11) is 0. The minimum atomic E-state index is -4.73. The molecular formula is C12H10Cl2F3NO. The van der Waals surface area contributed by atoms with Gasteiger partial charge in [0.1, 0.15) is 5.38 Å². The van der Waals surface area contributed by atoms with Crippen molar-refractivity contribution in [2.75, 3.05) is 17.2 Å². The molecule has 0 aromatic heterocycles. The quantitative estimate of drug-likeness (QED) is 0.765. The number of hydrogen-bond acceptors (Lipinski definition) is 1. The summed E-state index contributed by atoms with van der Waals surface area (Å²) in [5, 5.41) is -2.03. The third-order valence-corrected chi connectivity index (χ3v) is 3.06. The Balaban J connectivity index is 2.62. The Kier molecular flexibility index (Phi) is 2.49. The van der Waals surface area contributed by atoms with Crippen molar-refractivity contribution in [2.45, 2.75) is 11.6 Å². The van der Waals surface area contributed by atoms with E-state index in [-0.39, 0.29) is 4.90 Å². The number of halogens is 5. The molecule has 0 N–H and O–H groups in total. The standard InChI is InChI=1S/C12H10Cl2F3NO/c13-5-7-6-18(11(19)10(7)14)9-3-1-2-8(4-9)12(15,16)17/h1-4,7,10H,5-6H2/i5D2,6D2,7D. The summed E-state index contributed by atoms with van der Waals surface area (Å²) in [4.78, 5) is 12.5. The van der Waals surface area contributed by atoms with E-state index in [2.05, 4.69) is 0 Å². The molecule has 1 aromatic rings. The Labute approximate surface area is 125 Å². The van der Waals surface area contributed by atoms with E-state index in [0.717, 1.165) is 18.2 Å². The van der Waals surface area contributed by atoms with Crippen molar-refractivity contribution in [3.8, 4) is 0 Å². The lowest BCUT2D eigenvalue weighted by Crippen LogP contribution is -2.27. The molecule has 1 aromatic carbocycles. The van der Waals surface area contributed by atoms with Crippen LogP contribution in [0.25, 0.3) is 0 Å². The first-order chi connectivity index (χ1) is 10.7. The van der Waals surface area contributed by atoms with Crippen molar-refractivity contribution in [3.05, 3.63) is 29.8 Å². The van der Waals surface area contributed by atoms with Crippen molar-refractivity contribution in [3.63, 3.8) is 0 Å². The molecular weight excluding hydrogens is 302 g/mol. The van der Waals surface area contributed by atoms with Gasteiger partial charge in [-0.2, -0.15) is 13.2 Å². The molecule has 0 aliphatic carbocycles. The fourth-order valence-corrected chi connectivity index (χ4v) is 1.96. The Morgan fingerprint density at radius 1 is 1.58 bits per heavy atom. The van der Waals surface area contributed by atoms with E-state index < -0.39 is 46.9 Å². The molecule has 1 heterocycles. The van der Waals surface area contributed by atoms with Gasteiger partial charge >= 0.3 is 6.18 Å². The van der Waals surface area contributed by atoms with Gasteiger partial charge in [0.2, 0.25) is 5.91 Å². The van der Waals surface area contributed by atoms with Crippen molar-refractivity contribution in [1.29, 1.82) is 0 Å². The van der Waals surface area contributed by atoms with Crippen LogP contribution < -0.4 is 4.90 Å². The molecule has 1 saturated heterocycles. The van der Waals surface area contributed by atoms with E-state index in [1.165, 1.54) is 0 Å². The molecule has 1 amide bonds. The zero-order chi connectivity index (χ0) is 18.7. The molecule has 104 valence electrons. The average Bonchev–Trinajstić information content (AvgIpc) is 2.56. The number of anilines is 1. The molecule has 2 atom stereocenters. The molecule has 2 nitrogen and oxygen atoms in total. The van der Waals surface area contributed by atoms with Gasteiger partial charge in [-0.15, -0.1) is 23.2 Å². The van der Waals surface area contributed by atoms with E-state index in [1.54, 1.807) is 0 Å². The second-order valence-electron chi connectivity index (χ2n) is 3.70. The maximum Gasteiger partial charge on any atom is 0.416 e. The zero-order valence-electron chi connectivity index (χ0n) is 14.1. The van der Waals surface area contributed by atoms with Crippen LogP contribution in [0, 0.1) is 5.89 Å². The first-order valence-electron chi connectivity index (χ1n) is 7.50. The number of nitrogens with zero attached hydrogens (tertiary/aromatic N) is 1. The summed E-state index contributed by atoms with van der Waals surface area (Å²) >= 11 is 11.2. The van der Waals surface area contributed by atoms with Crippen molar-refractivity contribution in [2.24, 2.45) is 5.89 Å². The average molecular weight is 317 g/mol. The summed E-state index contributed by atoms with van der Waals surface area (Å²) in [6.07, 6.45) is -4.73. The molecule has 0 saturated carbocycles. The summed E-state index contributed by atoms with van der Waals surface area (Å²) in [5.74, 6) is -7.26. The summed E-state index contributed by atoms with van der Waals surface area (Å²) < 4.78 is 77.4. The fraction of sp³-hybridized carbons (Fsp3) is 0.417. The molecule has 1 aliphatic rings. The van der Waals surface area contributed by atoms with E-state index in [9.17, 15) is 18.0 Å². The highest BCUT2D eigenvalue weighted by atomic mass is 35.5. The number of carbonyl (C=O) groups is 1. The highest BCUT2D eigenvalue weighted by molar-refractivity contribution is 6.34. The van der Waals surface area contributed by atoms with E-state index in [4.69, 9.17) is 30.1 Å². The van der Waals surface area contributed by atoms with Crippen LogP contribution in [0.15, 0.2) is 24.3 Å². The minimum absolute atomic E-state index is 0.243. The Bertz CT molecular complexity index is 681. The van der Waals surface area contributed by atoms with Gasteiger partial charge < -0.3 is 4.90 Å². The SMILES string of the molecule is [2H]C([2H])(Cl)C1([2H])C(Cl)C(=O)N(c2cccc(C(F)(F)F)c2)C1([2H])[2H]. The summed E-state index contributed by atoms with van der Waals surface area (Å²) in [5.41, 5.74) is -1.63. The van der Waals surface area contributed by atoms with Gasteiger partial charge in [-0.1, -0.05) is 6.07 Å². The van der Waals surface area contributed by atoms with Crippen LogP contribution in [0.2, 0.25) is 0 Å². The van der Waals surface area contributed by atoms with E-state index >= 15 is 0 Å². The molecule has 2 rings (SSSR count). The number of carbonyl (C=O) groups excluding carboxylic acids is 1. The topological polar surface area (TPSA) is 20.3 Å². The lowest BCUT2D eigenvalue weighted by Gasteiger charge is -2.18. The number of benzene rings is 1. The normalized spacial score (nSPS) is 35.2. The predicted octanol–water partition coefficient (Wildman–Crippen LogP) is 3.51. The lowest BCUT2D eigenvalue weighted by molar-refractivity contribution is -0.137. The van der Waals surface area contributed by atoms with Crippen molar-refractivity contribution >= 4 is 34.8 Å². The number of alkyl halides is 5. The van der Waals surface area contributed by atoms with Crippen LogP contribution in [0.1, 0.15) is 12.4 Å². The van der Waals surface area contributed by atoms with E-state index in [0.29, 0.717) is 6.07 Å². The van der Waals surface area contributed by atoms with Gasteiger partial charge in [-0.3, -0.25) is 4.79 Å². The van der Waals surface area contributed by atoms with Crippen molar-refractivity contribution < 1.29 is 24.8 Å². The monoisotopic (exact) mass is 316 g/mol. The van der Waals surface area contributed by atoms with Crippen LogP contribution in [0.4, 0.5) is 18.9 Å².